The molecule has 0 aliphatic heterocycles. The minimum absolute atomic E-state index is 0.455. The molecule has 0 saturated heterocycles. The van der Waals surface area contributed by atoms with Gasteiger partial charge in [-0.1, -0.05) is 13.8 Å². The molecule has 0 amide bonds. The van der Waals surface area contributed by atoms with E-state index in [4.69, 9.17) is 8.83 Å². The summed E-state index contributed by atoms with van der Waals surface area (Å²) in [7, 11) is 0. The highest BCUT2D eigenvalue weighted by molar-refractivity contribution is 5.78. The van der Waals surface area contributed by atoms with Gasteiger partial charge in [0.1, 0.15) is 0 Å². The fourth-order valence-corrected chi connectivity index (χ4v) is 1.35. The Kier molecular flexibility index (Phi) is 1.50. The quantitative estimate of drug-likeness (QED) is 0.645. The van der Waals surface area contributed by atoms with E-state index >= 15 is 0 Å². The van der Waals surface area contributed by atoms with Crippen LogP contribution in [0.5, 0.6) is 0 Å². The van der Waals surface area contributed by atoms with Gasteiger partial charge in [-0.25, -0.2) is 0 Å². The number of aryl methyl sites for hydroxylation is 1. The first-order chi connectivity index (χ1) is 5.70. The van der Waals surface area contributed by atoms with Crippen LogP contribution in [0.25, 0.3) is 11.2 Å². The summed E-state index contributed by atoms with van der Waals surface area (Å²) in [6.07, 6.45) is 3.52. The lowest BCUT2D eigenvalue weighted by Gasteiger charge is -1.96. The molecule has 0 N–H and O–H groups in total. The van der Waals surface area contributed by atoms with Gasteiger partial charge in [-0.05, 0) is 12.8 Å². The van der Waals surface area contributed by atoms with Crippen LogP contribution in [-0.4, -0.2) is 0 Å². The standard InChI is InChI=1S/C10H12O2/c1-6(2)8-5-12-9-7(3)4-11-10(8)9/h4-6H,1-3H3. The number of furan rings is 2. The fraction of sp³-hybridized carbons (Fsp3) is 0.400. The number of fused-ring (bicyclic) bond motifs is 1. The molecule has 0 spiro atoms. The molecule has 0 saturated carbocycles. The zero-order chi connectivity index (χ0) is 8.72. The predicted octanol–water partition coefficient (Wildman–Crippen LogP) is 3.46. The van der Waals surface area contributed by atoms with Crippen LogP contribution in [0.15, 0.2) is 21.4 Å². The first-order valence-electron chi connectivity index (χ1n) is 4.15. The van der Waals surface area contributed by atoms with E-state index < -0.39 is 0 Å². The molecular formula is C10H12O2. The predicted molar refractivity (Wildman–Crippen MR) is 47.3 cm³/mol. The monoisotopic (exact) mass is 164 g/mol. The minimum Gasteiger partial charge on any atom is -0.460 e. The molecule has 0 fully saturated rings. The molecule has 0 radical (unpaired) electrons. The summed E-state index contributed by atoms with van der Waals surface area (Å²) in [5, 5.41) is 0. The van der Waals surface area contributed by atoms with Crippen molar-refractivity contribution in [1.82, 2.24) is 0 Å². The van der Waals surface area contributed by atoms with Crippen molar-refractivity contribution in [2.24, 2.45) is 0 Å². The number of hydrogen-bond donors (Lipinski definition) is 0. The Morgan fingerprint density at radius 2 is 1.75 bits per heavy atom. The van der Waals surface area contributed by atoms with Crippen molar-refractivity contribution in [3.05, 3.63) is 23.7 Å². The molecule has 2 heterocycles. The molecule has 0 aliphatic carbocycles. The summed E-state index contributed by atoms with van der Waals surface area (Å²) in [4.78, 5) is 0. The molecule has 64 valence electrons. The van der Waals surface area contributed by atoms with E-state index in [-0.39, 0.29) is 0 Å². The zero-order valence-corrected chi connectivity index (χ0v) is 7.55. The second-order valence-corrected chi connectivity index (χ2v) is 3.42. The first kappa shape index (κ1) is 7.47. The van der Waals surface area contributed by atoms with Crippen LogP contribution in [0.3, 0.4) is 0 Å². The van der Waals surface area contributed by atoms with E-state index in [0.29, 0.717) is 5.92 Å². The first-order valence-corrected chi connectivity index (χ1v) is 4.15. The molecular weight excluding hydrogens is 152 g/mol. The topological polar surface area (TPSA) is 26.3 Å². The second kappa shape index (κ2) is 2.41. The van der Waals surface area contributed by atoms with Crippen molar-refractivity contribution in [2.45, 2.75) is 26.7 Å². The van der Waals surface area contributed by atoms with Crippen LogP contribution < -0.4 is 0 Å². The summed E-state index contributed by atoms with van der Waals surface area (Å²) in [5.74, 6) is 0.455. The molecule has 12 heavy (non-hydrogen) atoms. The summed E-state index contributed by atoms with van der Waals surface area (Å²) < 4.78 is 10.8. The fourth-order valence-electron chi connectivity index (χ4n) is 1.35. The van der Waals surface area contributed by atoms with E-state index in [9.17, 15) is 0 Å². The Bertz CT molecular complexity index is 393. The van der Waals surface area contributed by atoms with Crippen LogP contribution in [0.1, 0.15) is 30.9 Å². The van der Waals surface area contributed by atoms with Crippen molar-refractivity contribution >= 4 is 11.2 Å². The van der Waals surface area contributed by atoms with Gasteiger partial charge in [0.2, 0.25) is 0 Å². The third kappa shape index (κ3) is 0.876. The Morgan fingerprint density at radius 1 is 1.08 bits per heavy atom. The summed E-state index contributed by atoms with van der Waals surface area (Å²) in [6, 6.07) is 0. The summed E-state index contributed by atoms with van der Waals surface area (Å²) >= 11 is 0. The van der Waals surface area contributed by atoms with E-state index in [1.54, 1.807) is 12.5 Å². The highest BCUT2D eigenvalue weighted by Crippen LogP contribution is 2.30. The van der Waals surface area contributed by atoms with Crippen LogP contribution >= 0.6 is 0 Å². The molecule has 2 aromatic heterocycles. The van der Waals surface area contributed by atoms with Gasteiger partial charge < -0.3 is 8.83 Å². The molecule has 0 unspecified atom stereocenters. The van der Waals surface area contributed by atoms with Gasteiger partial charge in [0.05, 0.1) is 12.5 Å². The van der Waals surface area contributed by atoms with Crippen molar-refractivity contribution < 1.29 is 8.83 Å². The largest absolute Gasteiger partial charge is 0.460 e. The highest BCUT2D eigenvalue weighted by atomic mass is 16.4. The molecule has 0 aliphatic rings. The maximum Gasteiger partial charge on any atom is 0.175 e. The maximum atomic E-state index is 5.39. The Balaban J connectivity index is 2.71. The molecule has 0 atom stereocenters. The van der Waals surface area contributed by atoms with Crippen molar-refractivity contribution in [3.8, 4) is 0 Å². The van der Waals surface area contributed by atoms with Gasteiger partial charge in [-0.3, -0.25) is 0 Å². The van der Waals surface area contributed by atoms with Gasteiger partial charge in [-0.2, -0.15) is 0 Å². The number of hydrogen-bond acceptors (Lipinski definition) is 2. The Labute approximate surface area is 71.2 Å². The lowest BCUT2D eigenvalue weighted by atomic mass is 10.1. The third-order valence-electron chi connectivity index (χ3n) is 2.11. The Hall–Kier alpha value is -1.18. The normalized spacial score (nSPS) is 11.7. The number of rotatable bonds is 1. The zero-order valence-electron chi connectivity index (χ0n) is 7.55. The third-order valence-corrected chi connectivity index (χ3v) is 2.11. The highest BCUT2D eigenvalue weighted by Gasteiger charge is 2.13. The smallest absolute Gasteiger partial charge is 0.175 e. The van der Waals surface area contributed by atoms with Gasteiger partial charge in [0.15, 0.2) is 11.2 Å². The van der Waals surface area contributed by atoms with Crippen molar-refractivity contribution in [3.63, 3.8) is 0 Å². The maximum absolute atomic E-state index is 5.39. The SMILES string of the molecule is Cc1coc2c(C(C)C)coc12. The van der Waals surface area contributed by atoms with Gasteiger partial charge in [-0.15, -0.1) is 0 Å². The average Bonchev–Trinajstić information content (AvgIpc) is 2.53. The van der Waals surface area contributed by atoms with Gasteiger partial charge >= 0.3 is 0 Å². The van der Waals surface area contributed by atoms with Crippen LogP contribution in [0, 0.1) is 6.92 Å². The van der Waals surface area contributed by atoms with Crippen molar-refractivity contribution in [1.29, 1.82) is 0 Å². The minimum atomic E-state index is 0.455. The van der Waals surface area contributed by atoms with E-state index in [1.165, 1.54) is 0 Å². The lowest BCUT2D eigenvalue weighted by molar-refractivity contribution is 0.602. The van der Waals surface area contributed by atoms with Gasteiger partial charge in [0.25, 0.3) is 0 Å². The second-order valence-electron chi connectivity index (χ2n) is 3.42. The molecule has 2 heteroatoms. The van der Waals surface area contributed by atoms with E-state index in [2.05, 4.69) is 13.8 Å². The van der Waals surface area contributed by atoms with Gasteiger partial charge in [0, 0.05) is 11.1 Å². The van der Waals surface area contributed by atoms with E-state index in [0.717, 1.165) is 22.3 Å². The van der Waals surface area contributed by atoms with Crippen LogP contribution in [0.4, 0.5) is 0 Å². The molecule has 0 bridgehead atoms. The van der Waals surface area contributed by atoms with Crippen LogP contribution in [0.2, 0.25) is 0 Å². The molecule has 2 rings (SSSR count). The van der Waals surface area contributed by atoms with Crippen molar-refractivity contribution in [2.75, 3.05) is 0 Å². The lowest BCUT2D eigenvalue weighted by Crippen LogP contribution is -1.81. The Morgan fingerprint density at radius 3 is 2.42 bits per heavy atom. The summed E-state index contributed by atoms with van der Waals surface area (Å²) in [5.41, 5.74) is 4.01. The van der Waals surface area contributed by atoms with E-state index in [1.807, 2.05) is 6.92 Å². The molecule has 0 aromatic carbocycles. The molecule has 2 aromatic rings. The molecule has 2 nitrogen and oxygen atoms in total. The average molecular weight is 164 g/mol. The van der Waals surface area contributed by atoms with Crippen LogP contribution in [-0.2, 0) is 0 Å². The summed E-state index contributed by atoms with van der Waals surface area (Å²) in [6.45, 7) is 6.24.